The van der Waals surface area contributed by atoms with Crippen LogP contribution in [0, 0.1) is 10.1 Å². The number of nitrogens with zero attached hydrogens (tertiary/aromatic N) is 2. The molecule has 0 aliphatic heterocycles. The lowest BCUT2D eigenvalue weighted by atomic mass is 10.2. The van der Waals surface area contributed by atoms with E-state index in [1.165, 1.54) is 6.07 Å². The molecule has 1 aromatic carbocycles. The van der Waals surface area contributed by atoms with Crippen molar-refractivity contribution in [3.05, 3.63) is 44.9 Å². The van der Waals surface area contributed by atoms with Crippen molar-refractivity contribution in [2.45, 2.75) is 12.8 Å². The van der Waals surface area contributed by atoms with Gasteiger partial charge in [-0.15, -0.1) is 11.3 Å². The van der Waals surface area contributed by atoms with Gasteiger partial charge in [-0.25, -0.2) is 4.98 Å². The van der Waals surface area contributed by atoms with E-state index in [0.717, 1.165) is 10.7 Å². The van der Waals surface area contributed by atoms with Gasteiger partial charge in [-0.1, -0.05) is 6.92 Å². The van der Waals surface area contributed by atoms with E-state index in [9.17, 15) is 10.1 Å². The molecule has 0 aliphatic carbocycles. The van der Waals surface area contributed by atoms with Crippen LogP contribution < -0.4 is 11.1 Å². The number of nitro benzene ring substituents is 1. The zero-order chi connectivity index (χ0) is 13.8. The Kier molecular flexibility index (Phi) is 3.96. The molecule has 1 heterocycles. The number of nitrogen functional groups attached to an aromatic ring is 1. The minimum absolute atomic E-state index is 0.0708. The van der Waals surface area contributed by atoms with Crippen LogP contribution in [0.2, 0.25) is 0 Å². The van der Waals surface area contributed by atoms with E-state index in [1.54, 1.807) is 29.7 Å². The number of benzene rings is 1. The SMILES string of the molecule is CC(CNc1ccc([N+](=O)[O-])c(N)c1)c1nccs1. The molecule has 7 heteroatoms. The van der Waals surface area contributed by atoms with Crippen LogP contribution in [0.25, 0.3) is 0 Å². The van der Waals surface area contributed by atoms with Gasteiger partial charge in [0.15, 0.2) is 0 Å². The minimum atomic E-state index is -0.489. The summed E-state index contributed by atoms with van der Waals surface area (Å²) in [4.78, 5) is 14.4. The van der Waals surface area contributed by atoms with Crippen LogP contribution in [0.5, 0.6) is 0 Å². The molecule has 19 heavy (non-hydrogen) atoms. The van der Waals surface area contributed by atoms with Crippen molar-refractivity contribution >= 4 is 28.4 Å². The van der Waals surface area contributed by atoms with E-state index < -0.39 is 4.92 Å². The van der Waals surface area contributed by atoms with Crippen LogP contribution in [0.1, 0.15) is 17.8 Å². The lowest BCUT2D eigenvalue weighted by Crippen LogP contribution is -2.10. The van der Waals surface area contributed by atoms with Crippen LogP contribution in [0.4, 0.5) is 17.1 Å². The van der Waals surface area contributed by atoms with E-state index in [1.807, 2.05) is 5.38 Å². The molecule has 1 unspecified atom stereocenters. The summed E-state index contributed by atoms with van der Waals surface area (Å²) in [5.74, 6) is 0.274. The van der Waals surface area contributed by atoms with Crippen LogP contribution in [0.15, 0.2) is 29.8 Å². The van der Waals surface area contributed by atoms with E-state index in [0.29, 0.717) is 6.54 Å². The zero-order valence-electron chi connectivity index (χ0n) is 10.4. The van der Waals surface area contributed by atoms with Crippen molar-refractivity contribution in [1.82, 2.24) is 4.98 Å². The summed E-state index contributed by atoms with van der Waals surface area (Å²) >= 11 is 1.61. The van der Waals surface area contributed by atoms with Gasteiger partial charge in [-0.2, -0.15) is 0 Å². The van der Waals surface area contributed by atoms with Gasteiger partial charge in [-0.05, 0) is 12.1 Å². The lowest BCUT2D eigenvalue weighted by molar-refractivity contribution is -0.383. The second kappa shape index (κ2) is 5.66. The molecular weight excluding hydrogens is 264 g/mol. The van der Waals surface area contributed by atoms with E-state index in [2.05, 4.69) is 17.2 Å². The first-order valence-corrected chi connectivity index (χ1v) is 6.63. The molecule has 0 radical (unpaired) electrons. The first-order chi connectivity index (χ1) is 9.08. The highest BCUT2D eigenvalue weighted by Gasteiger charge is 2.12. The molecule has 1 aromatic heterocycles. The molecule has 0 saturated heterocycles. The quantitative estimate of drug-likeness (QED) is 0.498. The Morgan fingerprint density at radius 2 is 2.37 bits per heavy atom. The summed E-state index contributed by atoms with van der Waals surface area (Å²) in [6.07, 6.45) is 1.78. The summed E-state index contributed by atoms with van der Waals surface area (Å²) in [6.45, 7) is 2.77. The second-order valence-corrected chi connectivity index (χ2v) is 5.11. The standard InChI is InChI=1S/C12H14N4O2S/c1-8(12-14-4-5-19-12)7-15-9-2-3-11(16(17)18)10(13)6-9/h2-6,8,15H,7,13H2,1H3. The molecule has 0 saturated carbocycles. The average molecular weight is 278 g/mol. The van der Waals surface area contributed by atoms with Crippen LogP contribution in [-0.2, 0) is 0 Å². The Balaban J connectivity index is 2.00. The average Bonchev–Trinajstić information content (AvgIpc) is 2.89. The highest BCUT2D eigenvalue weighted by Crippen LogP contribution is 2.25. The summed E-state index contributed by atoms with van der Waals surface area (Å²) < 4.78 is 0. The van der Waals surface area contributed by atoms with Gasteiger partial charge in [0.1, 0.15) is 5.69 Å². The smallest absolute Gasteiger partial charge is 0.292 e. The monoisotopic (exact) mass is 278 g/mol. The normalized spacial score (nSPS) is 12.1. The molecule has 100 valence electrons. The molecule has 0 aliphatic rings. The molecule has 0 amide bonds. The molecular formula is C12H14N4O2S. The highest BCUT2D eigenvalue weighted by atomic mass is 32.1. The number of rotatable bonds is 5. The van der Waals surface area contributed by atoms with Gasteiger partial charge in [-0.3, -0.25) is 10.1 Å². The van der Waals surface area contributed by atoms with Crippen LogP contribution in [0.3, 0.4) is 0 Å². The Morgan fingerprint density at radius 1 is 1.58 bits per heavy atom. The molecule has 2 rings (SSSR count). The van der Waals surface area contributed by atoms with Gasteiger partial charge in [0.05, 0.1) is 9.93 Å². The second-order valence-electron chi connectivity index (χ2n) is 4.18. The van der Waals surface area contributed by atoms with Crippen molar-refractivity contribution in [3.63, 3.8) is 0 Å². The van der Waals surface area contributed by atoms with Crippen molar-refractivity contribution < 1.29 is 4.92 Å². The molecule has 2 aromatic rings. The highest BCUT2D eigenvalue weighted by molar-refractivity contribution is 7.09. The topological polar surface area (TPSA) is 94.1 Å². The number of anilines is 2. The Morgan fingerprint density at radius 3 is 2.95 bits per heavy atom. The number of nitrogens with two attached hydrogens (primary N) is 1. The van der Waals surface area contributed by atoms with Gasteiger partial charge in [0.25, 0.3) is 5.69 Å². The van der Waals surface area contributed by atoms with Crippen LogP contribution in [-0.4, -0.2) is 16.5 Å². The third-order valence-electron chi connectivity index (χ3n) is 2.71. The Hall–Kier alpha value is -2.15. The number of nitro groups is 1. The predicted octanol–water partition coefficient (Wildman–Crippen LogP) is 2.85. The maximum Gasteiger partial charge on any atom is 0.292 e. The first kappa shape index (κ1) is 13.3. The maximum atomic E-state index is 10.7. The van der Waals surface area contributed by atoms with Crippen molar-refractivity contribution in [3.8, 4) is 0 Å². The minimum Gasteiger partial charge on any atom is -0.393 e. The number of nitrogens with one attached hydrogen (secondary N) is 1. The molecule has 0 spiro atoms. The van der Waals surface area contributed by atoms with Crippen molar-refractivity contribution in [2.24, 2.45) is 0 Å². The molecule has 1 atom stereocenters. The molecule has 3 N–H and O–H groups in total. The lowest BCUT2D eigenvalue weighted by Gasteiger charge is -2.11. The largest absolute Gasteiger partial charge is 0.393 e. The number of hydrogen-bond donors (Lipinski definition) is 2. The third kappa shape index (κ3) is 3.19. The van der Waals surface area contributed by atoms with Crippen LogP contribution >= 0.6 is 11.3 Å². The first-order valence-electron chi connectivity index (χ1n) is 5.75. The fourth-order valence-electron chi connectivity index (χ4n) is 1.67. The molecule has 0 fully saturated rings. The number of aromatic nitrogens is 1. The zero-order valence-corrected chi connectivity index (χ0v) is 11.2. The summed E-state index contributed by atoms with van der Waals surface area (Å²) in [7, 11) is 0. The van der Waals surface area contributed by atoms with Gasteiger partial charge >= 0.3 is 0 Å². The fourth-order valence-corrected chi connectivity index (χ4v) is 2.37. The van der Waals surface area contributed by atoms with E-state index >= 15 is 0 Å². The van der Waals surface area contributed by atoms with Crippen molar-refractivity contribution in [2.75, 3.05) is 17.6 Å². The van der Waals surface area contributed by atoms with Gasteiger partial charge < -0.3 is 11.1 Å². The van der Waals surface area contributed by atoms with Crippen molar-refractivity contribution in [1.29, 1.82) is 0 Å². The van der Waals surface area contributed by atoms with Gasteiger partial charge in [0, 0.05) is 35.8 Å². The van der Waals surface area contributed by atoms with E-state index in [-0.39, 0.29) is 17.3 Å². The number of thiazole rings is 1. The maximum absolute atomic E-state index is 10.7. The van der Waals surface area contributed by atoms with Gasteiger partial charge in [0.2, 0.25) is 0 Å². The van der Waals surface area contributed by atoms with E-state index in [4.69, 9.17) is 5.73 Å². The summed E-state index contributed by atoms with van der Waals surface area (Å²) in [5, 5.41) is 16.9. The Bertz CT molecular complexity index is 571. The third-order valence-corrected chi connectivity index (χ3v) is 3.72. The Labute approximate surface area is 114 Å². The summed E-state index contributed by atoms with van der Waals surface area (Å²) in [5.41, 5.74) is 6.49. The summed E-state index contributed by atoms with van der Waals surface area (Å²) in [6, 6.07) is 4.64. The number of hydrogen-bond acceptors (Lipinski definition) is 6. The fraction of sp³-hybridized carbons (Fsp3) is 0.250. The molecule has 0 bridgehead atoms. The molecule has 6 nitrogen and oxygen atoms in total. The predicted molar refractivity (Wildman–Crippen MR) is 76.5 cm³/mol.